The first-order valence-electron chi connectivity index (χ1n) is 9.44. The van der Waals surface area contributed by atoms with E-state index in [1.54, 1.807) is 12.1 Å². The molecule has 4 rings (SSSR count). The van der Waals surface area contributed by atoms with Gasteiger partial charge in [-0.05, 0) is 43.9 Å². The first kappa shape index (κ1) is 18.3. The number of carbonyl (C=O) groups excluding carboxylic acids is 1. The van der Waals surface area contributed by atoms with Gasteiger partial charge in [0.1, 0.15) is 11.3 Å². The summed E-state index contributed by atoms with van der Waals surface area (Å²) in [4.78, 5) is 22.4. The van der Waals surface area contributed by atoms with Crippen LogP contribution in [0.1, 0.15) is 36.9 Å². The number of halogens is 3. The molecule has 0 bridgehead atoms. The van der Waals surface area contributed by atoms with Crippen molar-refractivity contribution < 1.29 is 18.0 Å². The van der Waals surface area contributed by atoms with Crippen LogP contribution in [0.5, 0.6) is 0 Å². The maximum atomic E-state index is 13.5. The zero-order valence-corrected chi connectivity index (χ0v) is 15.1. The number of hydrogen-bond donors (Lipinski definition) is 1. The van der Waals surface area contributed by atoms with E-state index in [1.807, 2.05) is 4.90 Å². The van der Waals surface area contributed by atoms with Gasteiger partial charge in [0.05, 0.1) is 0 Å². The van der Waals surface area contributed by atoms with E-state index < -0.39 is 11.9 Å². The highest BCUT2D eigenvalue weighted by molar-refractivity contribution is 5.81. The van der Waals surface area contributed by atoms with Crippen LogP contribution < -0.4 is 0 Å². The summed E-state index contributed by atoms with van der Waals surface area (Å²) in [6.07, 6.45) is 0.538. The van der Waals surface area contributed by atoms with Crippen molar-refractivity contribution in [1.29, 1.82) is 0 Å². The maximum absolute atomic E-state index is 13.5. The van der Waals surface area contributed by atoms with Crippen molar-refractivity contribution >= 4 is 16.9 Å². The predicted octanol–water partition coefficient (Wildman–Crippen LogP) is 3.42. The number of likely N-dealkylation sites (tertiary alicyclic amines) is 2. The third kappa shape index (κ3) is 3.81. The number of amides is 1. The van der Waals surface area contributed by atoms with Crippen LogP contribution in [0.15, 0.2) is 18.3 Å². The molecule has 4 heterocycles. The minimum atomic E-state index is -4.44. The Hall–Kier alpha value is -2.09. The molecule has 2 aliphatic heterocycles. The molecule has 1 amide bonds. The van der Waals surface area contributed by atoms with Gasteiger partial charge in [0.2, 0.25) is 5.91 Å². The van der Waals surface area contributed by atoms with E-state index in [0.717, 1.165) is 38.9 Å². The standard InChI is InChI=1S/C19H23F3N4O/c20-19(21,22)17-15(14-5-1-7-23-18(14)24-17)12-25-8-2-4-13(10-25)11-26-9-3-6-16(26)27/h1,5,7,13H,2-4,6,8-12H2,(H,23,24). The number of rotatable bonds is 4. The van der Waals surface area contributed by atoms with E-state index in [1.165, 1.54) is 6.20 Å². The average molecular weight is 380 g/mol. The second kappa shape index (κ2) is 7.14. The summed E-state index contributed by atoms with van der Waals surface area (Å²) < 4.78 is 40.5. The van der Waals surface area contributed by atoms with Gasteiger partial charge >= 0.3 is 6.18 Å². The molecule has 0 aromatic carbocycles. The van der Waals surface area contributed by atoms with Crippen LogP contribution in [-0.4, -0.2) is 51.9 Å². The van der Waals surface area contributed by atoms with Crippen molar-refractivity contribution in [2.45, 2.75) is 38.4 Å². The maximum Gasteiger partial charge on any atom is 0.431 e. The molecule has 2 aliphatic rings. The van der Waals surface area contributed by atoms with Crippen molar-refractivity contribution in [3.05, 3.63) is 29.6 Å². The van der Waals surface area contributed by atoms with E-state index in [0.29, 0.717) is 24.3 Å². The van der Waals surface area contributed by atoms with Crippen LogP contribution in [0.25, 0.3) is 11.0 Å². The summed E-state index contributed by atoms with van der Waals surface area (Å²) >= 11 is 0. The molecule has 0 aliphatic carbocycles. The number of aromatic amines is 1. The number of nitrogens with one attached hydrogen (secondary N) is 1. The lowest BCUT2D eigenvalue weighted by Gasteiger charge is -2.34. The quantitative estimate of drug-likeness (QED) is 0.884. The number of fused-ring (bicyclic) bond motifs is 1. The minimum Gasteiger partial charge on any atom is -0.342 e. The van der Waals surface area contributed by atoms with E-state index in [2.05, 4.69) is 14.9 Å². The van der Waals surface area contributed by atoms with Crippen molar-refractivity contribution in [3.63, 3.8) is 0 Å². The Bertz CT molecular complexity index is 832. The lowest BCUT2D eigenvalue weighted by Crippen LogP contribution is -2.41. The Balaban J connectivity index is 1.52. The normalized spacial score (nSPS) is 22.1. The van der Waals surface area contributed by atoms with E-state index in [9.17, 15) is 18.0 Å². The summed E-state index contributed by atoms with van der Waals surface area (Å²) in [6, 6.07) is 3.35. The molecule has 27 heavy (non-hydrogen) atoms. The molecular formula is C19H23F3N4O. The summed E-state index contributed by atoms with van der Waals surface area (Å²) in [6.45, 7) is 3.26. The summed E-state index contributed by atoms with van der Waals surface area (Å²) in [5.74, 6) is 0.521. The van der Waals surface area contributed by atoms with Crippen LogP contribution in [0, 0.1) is 5.92 Å². The zero-order valence-electron chi connectivity index (χ0n) is 15.1. The van der Waals surface area contributed by atoms with Crippen molar-refractivity contribution in [2.24, 2.45) is 5.92 Å². The highest BCUT2D eigenvalue weighted by Gasteiger charge is 2.37. The molecule has 5 nitrogen and oxygen atoms in total. The highest BCUT2D eigenvalue weighted by atomic mass is 19.4. The first-order chi connectivity index (χ1) is 12.9. The van der Waals surface area contributed by atoms with Crippen molar-refractivity contribution in [2.75, 3.05) is 26.2 Å². The lowest BCUT2D eigenvalue weighted by atomic mass is 9.96. The highest BCUT2D eigenvalue weighted by Crippen LogP contribution is 2.36. The van der Waals surface area contributed by atoms with Crippen LogP contribution in [0.2, 0.25) is 0 Å². The van der Waals surface area contributed by atoms with Gasteiger partial charge in [-0.3, -0.25) is 9.69 Å². The smallest absolute Gasteiger partial charge is 0.342 e. The molecule has 0 spiro atoms. The van der Waals surface area contributed by atoms with Crippen LogP contribution in [-0.2, 0) is 17.5 Å². The Kier molecular flexibility index (Phi) is 4.84. The second-order valence-electron chi connectivity index (χ2n) is 7.56. The Labute approximate surface area is 155 Å². The molecule has 0 radical (unpaired) electrons. The van der Waals surface area contributed by atoms with Crippen molar-refractivity contribution in [1.82, 2.24) is 19.8 Å². The fourth-order valence-corrected chi connectivity index (χ4v) is 4.36. The van der Waals surface area contributed by atoms with E-state index in [4.69, 9.17) is 0 Å². The zero-order chi connectivity index (χ0) is 19.0. The average Bonchev–Trinajstić information content (AvgIpc) is 3.19. The minimum absolute atomic E-state index is 0.203. The van der Waals surface area contributed by atoms with E-state index >= 15 is 0 Å². The summed E-state index contributed by atoms with van der Waals surface area (Å²) in [5.41, 5.74) is -0.160. The molecule has 0 saturated carbocycles. The number of piperidine rings is 1. The van der Waals surface area contributed by atoms with Gasteiger partial charge in [0.25, 0.3) is 0 Å². The predicted molar refractivity (Wildman–Crippen MR) is 94.9 cm³/mol. The van der Waals surface area contributed by atoms with Crippen LogP contribution in [0.4, 0.5) is 13.2 Å². The summed E-state index contributed by atoms with van der Waals surface area (Å²) in [7, 11) is 0. The Morgan fingerprint density at radius 1 is 1.26 bits per heavy atom. The van der Waals surface area contributed by atoms with Gasteiger partial charge in [-0.1, -0.05) is 0 Å². The van der Waals surface area contributed by atoms with Crippen LogP contribution >= 0.6 is 0 Å². The number of hydrogen-bond acceptors (Lipinski definition) is 3. The van der Waals surface area contributed by atoms with E-state index in [-0.39, 0.29) is 23.7 Å². The molecular weight excluding hydrogens is 357 g/mol. The Morgan fingerprint density at radius 3 is 2.85 bits per heavy atom. The number of alkyl halides is 3. The van der Waals surface area contributed by atoms with Crippen molar-refractivity contribution in [3.8, 4) is 0 Å². The Morgan fingerprint density at radius 2 is 2.11 bits per heavy atom. The second-order valence-corrected chi connectivity index (χ2v) is 7.56. The first-order valence-corrected chi connectivity index (χ1v) is 9.44. The number of nitrogens with zero attached hydrogens (tertiary/aromatic N) is 3. The monoisotopic (exact) mass is 380 g/mol. The fraction of sp³-hybridized carbons (Fsp3) is 0.579. The van der Waals surface area contributed by atoms with Gasteiger partial charge in [-0.15, -0.1) is 0 Å². The number of carbonyl (C=O) groups is 1. The van der Waals surface area contributed by atoms with Crippen LogP contribution in [0.3, 0.4) is 0 Å². The fourth-order valence-electron chi connectivity index (χ4n) is 4.36. The topological polar surface area (TPSA) is 52.2 Å². The largest absolute Gasteiger partial charge is 0.431 e. The molecule has 146 valence electrons. The third-order valence-electron chi connectivity index (χ3n) is 5.60. The molecule has 1 N–H and O–H groups in total. The number of pyridine rings is 1. The van der Waals surface area contributed by atoms with Gasteiger partial charge in [0, 0.05) is 49.7 Å². The molecule has 2 fully saturated rings. The molecule has 2 aromatic rings. The number of aromatic nitrogens is 2. The molecule has 1 unspecified atom stereocenters. The van der Waals surface area contributed by atoms with Gasteiger partial charge in [0.15, 0.2) is 0 Å². The molecule has 8 heteroatoms. The van der Waals surface area contributed by atoms with Gasteiger partial charge in [-0.2, -0.15) is 13.2 Å². The SMILES string of the molecule is O=C1CCCN1CC1CCCN(Cc2c(C(F)(F)F)[nH]c3ncccc23)C1. The lowest BCUT2D eigenvalue weighted by molar-refractivity contribution is -0.141. The third-order valence-corrected chi connectivity index (χ3v) is 5.60. The summed E-state index contributed by atoms with van der Waals surface area (Å²) in [5, 5.41) is 0.529. The van der Waals surface area contributed by atoms with Gasteiger partial charge in [-0.25, -0.2) is 4.98 Å². The van der Waals surface area contributed by atoms with Gasteiger partial charge < -0.3 is 9.88 Å². The molecule has 1 atom stereocenters. The molecule has 2 aromatic heterocycles. The molecule has 2 saturated heterocycles. The number of H-pyrrole nitrogens is 1.